The molecule has 2 atom stereocenters. The Hall–Kier alpha value is -1.74. The van der Waals surface area contributed by atoms with Crippen LogP contribution in [0.3, 0.4) is 0 Å². The van der Waals surface area contributed by atoms with Crippen LogP contribution in [0, 0.1) is 0 Å². The Morgan fingerprint density at radius 3 is 2.24 bits per heavy atom. The molecule has 2 aromatic rings. The van der Waals surface area contributed by atoms with Gasteiger partial charge in [0.05, 0.1) is 6.61 Å². The first kappa shape index (κ1) is 23.5. The monoisotopic (exact) mass is 444 g/mol. The molecule has 0 spiro atoms. The zero-order valence-electron chi connectivity index (χ0n) is 15.9. The summed E-state index contributed by atoms with van der Waals surface area (Å²) in [6.45, 7) is 0.444. The summed E-state index contributed by atoms with van der Waals surface area (Å²) in [7, 11) is -8.55. The lowest BCUT2D eigenvalue weighted by Crippen LogP contribution is -2.31. The van der Waals surface area contributed by atoms with Gasteiger partial charge in [0.2, 0.25) is 0 Å². The summed E-state index contributed by atoms with van der Waals surface area (Å²) in [4.78, 5) is 16.7. The Labute approximate surface area is 170 Å². The van der Waals surface area contributed by atoms with Crippen molar-refractivity contribution in [2.45, 2.75) is 30.4 Å². The summed E-state index contributed by atoms with van der Waals surface area (Å²) in [5.41, 5.74) is 1.61. The van der Waals surface area contributed by atoms with Gasteiger partial charge in [-0.3, -0.25) is 9.12 Å². The molecule has 0 heterocycles. The Kier molecular flexibility index (Phi) is 8.39. The van der Waals surface area contributed by atoms with E-state index in [-0.39, 0.29) is 6.42 Å². The van der Waals surface area contributed by atoms with Gasteiger partial charge in [0.1, 0.15) is 11.9 Å². The van der Waals surface area contributed by atoms with Crippen molar-refractivity contribution in [3.05, 3.63) is 65.7 Å². The molecular formula is C19H25O8PS. The van der Waals surface area contributed by atoms with Gasteiger partial charge in [0, 0.05) is 20.0 Å². The molecule has 0 aliphatic carbocycles. The number of ether oxygens (including phenoxy) is 2. The van der Waals surface area contributed by atoms with E-state index in [0.717, 1.165) is 11.1 Å². The molecule has 160 valence electrons. The second-order valence-corrected chi connectivity index (χ2v) is 10.3. The molecule has 2 aromatic carbocycles. The van der Waals surface area contributed by atoms with Gasteiger partial charge in [-0.2, -0.15) is 8.42 Å². The minimum absolute atomic E-state index is 0.200. The highest BCUT2D eigenvalue weighted by atomic mass is 32.2. The number of hydrogen-bond donors (Lipinski definition) is 3. The SMILES string of the molecule is COCCc1ccccc1OC(Cc1ccccc1)CC(P(=O)(O)O)S(=O)(=O)O. The fourth-order valence-electron chi connectivity index (χ4n) is 2.92. The molecule has 0 aliphatic rings. The lowest BCUT2D eigenvalue weighted by molar-refractivity contribution is 0.182. The number of methoxy groups -OCH3 is 1. The first-order chi connectivity index (χ1) is 13.6. The fourth-order valence-corrected chi connectivity index (χ4v) is 5.28. The zero-order valence-corrected chi connectivity index (χ0v) is 17.6. The molecule has 2 unspecified atom stereocenters. The van der Waals surface area contributed by atoms with Gasteiger partial charge in [-0.15, -0.1) is 0 Å². The van der Waals surface area contributed by atoms with Crippen LogP contribution in [0.25, 0.3) is 0 Å². The Bertz CT molecular complexity index is 926. The summed E-state index contributed by atoms with van der Waals surface area (Å²) in [6.07, 6.45) is -0.729. The maximum absolute atomic E-state index is 11.7. The number of para-hydroxylation sites is 1. The predicted octanol–water partition coefficient (Wildman–Crippen LogP) is 2.65. The van der Waals surface area contributed by atoms with Crippen LogP contribution < -0.4 is 4.74 Å². The maximum Gasteiger partial charge on any atom is 0.346 e. The van der Waals surface area contributed by atoms with Gasteiger partial charge < -0.3 is 19.3 Å². The van der Waals surface area contributed by atoms with E-state index in [1.807, 2.05) is 18.2 Å². The van der Waals surface area contributed by atoms with Crippen LogP contribution in [0.4, 0.5) is 0 Å². The third-order valence-electron chi connectivity index (χ3n) is 4.33. The van der Waals surface area contributed by atoms with Crippen LogP contribution in [0.1, 0.15) is 17.5 Å². The number of hydrogen-bond acceptors (Lipinski definition) is 5. The smallest absolute Gasteiger partial charge is 0.346 e. The Balaban J connectivity index is 2.34. The van der Waals surface area contributed by atoms with E-state index in [9.17, 15) is 27.3 Å². The first-order valence-electron chi connectivity index (χ1n) is 8.90. The van der Waals surface area contributed by atoms with E-state index in [2.05, 4.69) is 0 Å². The van der Waals surface area contributed by atoms with Crippen molar-refractivity contribution in [2.24, 2.45) is 0 Å². The van der Waals surface area contributed by atoms with Gasteiger partial charge in [0.15, 0.2) is 4.99 Å². The highest BCUT2D eigenvalue weighted by Gasteiger charge is 2.42. The van der Waals surface area contributed by atoms with Crippen molar-refractivity contribution in [1.29, 1.82) is 0 Å². The van der Waals surface area contributed by atoms with Crippen LogP contribution >= 0.6 is 7.60 Å². The molecule has 0 radical (unpaired) electrons. The van der Waals surface area contributed by atoms with E-state index in [0.29, 0.717) is 18.8 Å². The van der Waals surface area contributed by atoms with Crippen molar-refractivity contribution in [3.63, 3.8) is 0 Å². The molecule has 29 heavy (non-hydrogen) atoms. The largest absolute Gasteiger partial charge is 0.490 e. The summed E-state index contributed by atoms with van der Waals surface area (Å²) >= 11 is 0. The second-order valence-electron chi connectivity index (χ2n) is 6.57. The standard InChI is InChI=1S/C19H25O8PS/c1-26-12-11-16-9-5-6-10-18(16)27-17(13-15-7-3-2-4-8-15)14-19(28(20,21)22)29(23,24)25/h2-10,17,19H,11-14H2,1H3,(H2,20,21,22)(H,23,24,25). The number of rotatable bonds is 11. The van der Waals surface area contributed by atoms with Crippen molar-refractivity contribution >= 4 is 17.7 Å². The molecule has 0 aromatic heterocycles. The normalized spacial score (nSPS) is 14.3. The molecule has 0 saturated heterocycles. The van der Waals surface area contributed by atoms with Crippen LogP contribution in [0.5, 0.6) is 5.75 Å². The summed E-state index contributed by atoms with van der Waals surface area (Å²) in [6, 6.07) is 16.1. The topological polar surface area (TPSA) is 130 Å². The summed E-state index contributed by atoms with van der Waals surface area (Å²) in [5, 5.41) is 0. The van der Waals surface area contributed by atoms with E-state index in [1.54, 1.807) is 43.5 Å². The lowest BCUT2D eigenvalue weighted by atomic mass is 10.1. The van der Waals surface area contributed by atoms with Gasteiger partial charge in [-0.25, -0.2) is 0 Å². The van der Waals surface area contributed by atoms with Gasteiger partial charge >= 0.3 is 7.60 Å². The van der Waals surface area contributed by atoms with Crippen LogP contribution in [0.2, 0.25) is 0 Å². The van der Waals surface area contributed by atoms with E-state index in [1.165, 1.54) is 0 Å². The molecular weight excluding hydrogens is 419 g/mol. The highest BCUT2D eigenvalue weighted by Crippen LogP contribution is 2.46. The molecule has 8 nitrogen and oxygen atoms in total. The first-order valence-corrected chi connectivity index (χ1v) is 12.1. The van der Waals surface area contributed by atoms with Gasteiger partial charge in [-0.1, -0.05) is 48.5 Å². The lowest BCUT2D eigenvalue weighted by Gasteiger charge is -2.25. The minimum atomic E-state index is -5.13. The third-order valence-corrected chi connectivity index (χ3v) is 7.80. The molecule has 0 amide bonds. The van der Waals surface area contributed by atoms with Gasteiger partial charge in [-0.05, 0) is 23.6 Å². The van der Waals surface area contributed by atoms with E-state index >= 15 is 0 Å². The van der Waals surface area contributed by atoms with Crippen molar-refractivity contribution in [2.75, 3.05) is 13.7 Å². The van der Waals surface area contributed by atoms with E-state index < -0.39 is 35.2 Å². The van der Waals surface area contributed by atoms with E-state index in [4.69, 9.17) is 9.47 Å². The second kappa shape index (κ2) is 10.3. The van der Waals surface area contributed by atoms with Crippen LogP contribution in [-0.2, 0) is 32.3 Å². The molecule has 0 fully saturated rings. The predicted molar refractivity (Wildman–Crippen MR) is 109 cm³/mol. The maximum atomic E-state index is 11.7. The van der Waals surface area contributed by atoms with Crippen molar-refractivity contribution in [3.8, 4) is 5.75 Å². The zero-order chi connectivity index (χ0) is 21.5. The van der Waals surface area contributed by atoms with Crippen LogP contribution in [0.15, 0.2) is 54.6 Å². The quantitative estimate of drug-likeness (QED) is 0.356. The summed E-state index contributed by atoms with van der Waals surface area (Å²) in [5.74, 6) is 0.463. The Morgan fingerprint density at radius 2 is 1.66 bits per heavy atom. The molecule has 2 rings (SSSR count). The molecule has 10 heteroatoms. The van der Waals surface area contributed by atoms with Crippen molar-refractivity contribution in [1.82, 2.24) is 0 Å². The summed E-state index contributed by atoms with van der Waals surface area (Å²) < 4.78 is 55.4. The highest BCUT2D eigenvalue weighted by molar-refractivity contribution is 7.93. The Morgan fingerprint density at radius 1 is 1.03 bits per heavy atom. The van der Waals surface area contributed by atoms with Crippen molar-refractivity contribution < 1.29 is 36.8 Å². The van der Waals surface area contributed by atoms with Crippen LogP contribution in [-0.4, -0.2) is 47.6 Å². The molecule has 0 bridgehead atoms. The minimum Gasteiger partial charge on any atom is -0.490 e. The average Bonchev–Trinajstić information content (AvgIpc) is 2.64. The molecule has 0 aliphatic heterocycles. The average molecular weight is 444 g/mol. The molecule has 3 N–H and O–H groups in total. The third kappa shape index (κ3) is 7.54. The number of benzene rings is 2. The molecule has 0 saturated carbocycles. The fraction of sp³-hybridized carbons (Fsp3) is 0.368. The van der Waals surface area contributed by atoms with Gasteiger partial charge in [0.25, 0.3) is 10.1 Å².